The molecule has 2 amide bonds. The van der Waals surface area contributed by atoms with Crippen molar-refractivity contribution in [2.45, 2.75) is 44.2 Å². The Balaban J connectivity index is 1.57. The normalized spacial score (nSPS) is 21.1. The number of rotatable bonds is 5. The van der Waals surface area contributed by atoms with Gasteiger partial charge in [0.15, 0.2) is 5.92 Å². The lowest BCUT2D eigenvalue weighted by molar-refractivity contribution is -0.173. The number of piperidine rings is 2. The molecule has 2 saturated heterocycles. The minimum absolute atomic E-state index is 0.0438. The summed E-state index contributed by atoms with van der Waals surface area (Å²) in [6, 6.07) is 15.0. The molecule has 2 unspecified atom stereocenters. The van der Waals surface area contributed by atoms with Crippen molar-refractivity contribution < 1.29 is 27.5 Å². The number of hydrogen-bond donors (Lipinski definition) is 1. The minimum atomic E-state index is -4.68. The highest BCUT2D eigenvalue weighted by molar-refractivity contribution is 5.85. The zero-order valence-electron chi connectivity index (χ0n) is 19.1. The van der Waals surface area contributed by atoms with Gasteiger partial charge in [-0.2, -0.15) is 13.2 Å². The molecular formula is C26H29F3N2O3. The van der Waals surface area contributed by atoms with E-state index >= 15 is 0 Å². The van der Waals surface area contributed by atoms with Crippen LogP contribution in [0.5, 0.6) is 5.75 Å². The summed E-state index contributed by atoms with van der Waals surface area (Å²) in [5.74, 6) is -2.47. The molecular weight excluding hydrogens is 445 g/mol. The van der Waals surface area contributed by atoms with Crippen LogP contribution in [0.2, 0.25) is 0 Å². The second-order valence-corrected chi connectivity index (χ2v) is 9.08. The number of carbonyl (C=O) groups is 2. The first-order valence-corrected chi connectivity index (χ1v) is 11.6. The molecule has 2 aliphatic heterocycles. The second kappa shape index (κ2) is 9.68. The van der Waals surface area contributed by atoms with Crippen molar-refractivity contribution in [3.05, 3.63) is 65.7 Å². The van der Waals surface area contributed by atoms with E-state index in [1.807, 2.05) is 31.2 Å². The number of hydrogen-bond acceptors (Lipinski definition) is 3. The number of nitrogens with zero attached hydrogens (tertiary/aromatic N) is 1. The van der Waals surface area contributed by atoms with E-state index in [1.165, 1.54) is 29.2 Å². The average Bonchev–Trinajstić information content (AvgIpc) is 2.80. The topological polar surface area (TPSA) is 58.6 Å². The largest absolute Gasteiger partial charge is 0.494 e. The van der Waals surface area contributed by atoms with Gasteiger partial charge in [0, 0.05) is 32.0 Å². The highest BCUT2D eigenvalue weighted by atomic mass is 19.4. The fourth-order valence-corrected chi connectivity index (χ4v) is 5.43. The van der Waals surface area contributed by atoms with E-state index in [4.69, 9.17) is 4.74 Å². The van der Waals surface area contributed by atoms with Crippen molar-refractivity contribution in [3.8, 4) is 5.75 Å². The van der Waals surface area contributed by atoms with Gasteiger partial charge < -0.3 is 15.0 Å². The number of benzene rings is 2. The molecule has 0 aliphatic carbocycles. The molecule has 0 bridgehead atoms. The zero-order valence-corrected chi connectivity index (χ0v) is 19.1. The van der Waals surface area contributed by atoms with Gasteiger partial charge in [-0.3, -0.25) is 9.59 Å². The van der Waals surface area contributed by atoms with Gasteiger partial charge in [-0.15, -0.1) is 0 Å². The molecule has 1 N–H and O–H groups in total. The average molecular weight is 475 g/mol. The lowest BCUT2D eigenvalue weighted by Crippen LogP contribution is -2.54. The number of amides is 2. The summed E-state index contributed by atoms with van der Waals surface area (Å²) in [5.41, 5.74) is 0.495. The van der Waals surface area contributed by atoms with Crippen LogP contribution in [-0.2, 0) is 9.59 Å². The number of likely N-dealkylation sites (tertiary alicyclic amines) is 1. The van der Waals surface area contributed by atoms with Gasteiger partial charge in [0.1, 0.15) is 5.75 Å². The van der Waals surface area contributed by atoms with Crippen LogP contribution in [0.15, 0.2) is 54.6 Å². The van der Waals surface area contributed by atoms with Crippen LogP contribution < -0.4 is 10.1 Å². The van der Waals surface area contributed by atoms with Gasteiger partial charge in [-0.1, -0.05) is 48.5 Å². The van der Waals surface area contributed by atoms with Crippen LogP contribution in [0.25, 0.3) is 0 Å². The van der Waals surface area contributed by atoms with Gasteiger partial charge in [-0.05, 0) is 42.4 Å². The summed E-state index contributed by atoms with van der Waals surface area (Å²) in [6.45, 7) is 3.20. The first kappa shape index (κ1) is 24.1. The summed E-state index contributed by atoms with van der Waals surface area (Å²) in [6.07, 6.45) is -3.49. The summed E-state index contributed by atoms with van der Waals surface area (Å²) in [4.78, 5) is 26.8. The Bertz CT molecular complexity index is 1020. The fourth-order valence-electron chi connectivity index (χ4n) is 5.43. The third kappa shape index (κ3) is 4.76. The summed E-state index contributed by atoms with van der Waals surface area (Å²) < 4.78 is 47.5. The first-order chi connectivity index (χ1) is 16.2. The van der Waals surface area contributed by atoms with E-state index in [2.05, 4.69) is 5.32 Å². The number of ether oxygens (including phenoxy) is 1. The maximum Gasteiger partial charge on any atom is 0.404 e. The van der Waals surface area contributed by atoms with Crippen molar-refractivity contribution in [2.24, 2.45) is 5.41 Å². The maximum absolute atomic E-state index is 13.9. The molecule has 5 nitrogen and oxygen atoms in total. The standard InChI is InChI=1S/C26H29F3N2O3/c1-2-34-21-11-7-6-10-19(21)20-17-30-22(32)16-25(20)12-14-31(15-13-25)24(33)23(26(27,28)29)18-8-4-3-5-9-18/h3-11,20,23H,2,12-17H2,1H3,(H,30,32). The molecule has 1 spiro atoms. The molecule has 2 heterocycles. The molecule has 2 fully saturated rings. The highest BCUT2D eigenvalue weighted by Crippen LogP contribution is 2.51. The predicted molar refractivity (Wildman–Crippen MR) is 121 cm³/mol. The van der Waals surface area contributed by atoms with Crippen LogP contribution in [0.1, 0.15) is 49.1 Å². The van der Waals surface area contributed by atoms with Crippen molar-refractivity contribution in [1.82, 2.24) is 10.2 Å². The smallest absolute Gasteiger partial charge is 0.404 e. The Morgan fingerprint density at radius 1 is 1.12 bits per heavy atom. The van der Waals surface area contributed by atoms with Gasteiger partial charge in [0.25, 0.3) is 0 Å². The number of alkyl halides is 3. The number of nitrogens with one attached hydrogen (secondary N) is 1. The zero-order chi connectivity index (χ0) is 24.3. The Morgan fingerprint density at radius 2 is 1.76 bits per heavy atom. The van der Waals surface area contributed by atoms with Crippen molar-refractivity contribution in [1.29, 1.82) is 0 Å². The van der Waals surface area contributed by atoms with E-state index in [-0.39, 0.29) is 36.9 Å². The van der Waals surface area contributed by atoms with Crippen LogP contribution in [0.4, 0.5) is 13.2 Å². The van der Waals surface area contributed by atoms with Gasteiger partial charge in [0.2, 0.25) is 11.8 Å². The van der Waals surface area contributed by atoms with Crippen molar-refractivity contribution in [2.75, 3.05) is 26.2 Å². The van der Waals surface area contributed by atoms with Crippen molar-refractivity contribution in [3.63, 3.8) is 0 Å². The van der Waals surface area contributed by atoms with Crippen LogP contribution in [-0.4, -0.2) is 49.1 Å². The molecule has 0 radical (unpaired) electrons. The molecule has 2 aliphatic rings. The summed E-state index contributed by atoms with van der Waals surface area (Å²) in [5, 5.41) is 2.94. The maximum atomic E-state index is 13.9. The molecule has 0 saturated carbocycles. The van der Waals surface area contributed by atoms with E-state index in [0.29, 0.717) is 26.0 Å². The Morgan fingerprint density at radius 3 is 2.41 bits per heavy atom. The van der Waals surface area contributed by atoms with Crippen LogP contribution in [0, 0.1) is 5.41 Å². The van der Waals surface area contributed by atoms with E-state index in [9.17, 15) is 22.8 Å². The molecule has 4 rings (SSSR count). The van der Waals surface area contributed by atoms with E-state index in [1.54, 1.807) is 6.07 Å². The lowest BCUT2D eigenvalue weighted by Gasteiger charge is -2.49. The monoisotopic (exact) mass is 474 g/mol. The van der Waals surface area contributed by atoms with Gasteiger partial charge in [0.05, 0.1) is 6.61 Å². The first-order valence-electron chi connectivity index (χ1n) is 11.6. The Hall–Kier alpha value is -3.03. The molecule has 34 heavy (non-hydrogen) atoms. The summed E-state index contributed by atoms with van der Waals surface area (Å²) in [7, 11) is 0. The SMILES string of the molecule is CCOc1ccccc1C1CNC(=O)CC12CCN(C(=O)C(c1ccccc1)C(F)(F)F)CC2. The molecule has 2 atom stereocenters. The highest BCUT2D eigenvalue weighted by Gasteiger charge is 2.51. The van der Waals surface area contributed by atoms with E-state index in [0.717, 1.165) is 11.3 Å². The second-order valence-electron chi connectivity index (χ2n) is 9.08. The summed E-state index contributed by atoms with van der Waals surface area (Å²) >= 11 is 0. The third-order valence-corrected chi connectivity index (χ3v) is 7.13. The quantitative estimate of drug-likeness (QED) is 0.687. The fraction of sp³-hybridized carbons (Fsp3) is 0.462. The lowest BCUT2D eigenvalue weighted by atomic mass is 9.62. The Kier molecular flexibility index (Phi) is 6.86. The van der Waals surface area contributed by atoms with Gasteiger partial charge >= 0.3 is 6.18 Å². The van der Waals surface area contributed by atoms with E-state index < -0.39 is 23.4 Å². The minimum Gasteiger partial charge on any atom is -0.494 e. The molecule has 8 heteroatoms. The third-order valence-electron chi connectivity index (χ3n) is 7.13. The van der Waals surface area contributed by atoms with Crippen molar-refractivity contribution >= 4 is 11.8 Å². The Labute approximate surface area is 197 Å². The van der Waals surface area contributed by atoms with Gasteiger partial charge in [-0.25, -0.2) is 0 Å². The molecule has 2 aromatic carbocycles. The molecule has 182 valence electrons. The van der Waals surface area contributed by atoms with Crippen LogP contribution >= 0.6 is 0 Å². The number of halogens is 3. The van der Waals surface area contributed by atoms with Crippen LogP contribution in [0.3, 0.4) is 0 Å². The number of carbonyl (C=O) groups excluding carboxylic acids is 2. The predicted octanol–water partition coefficient (Wildman–Crippen LogP) is 4.64. The molecule has 2 aromatic rings. The number of para-hydroxylation sites is 1. The molecule has 0 aromatic heterocycles.